The maximum atomic E-state index is 12.3. The minimum atomic E-state index is -0.812. The number of nitrogens with one attached hydrogen (secondary N) is 1. The van der Waals surface area contributed by atoms with E-state index in [4.69, 9.17) is 4.74 Å². The molecule has 0 aliphatic carbocycles. The molecule has 0 spiro atoms. The van der Waals surface area contributed by atoms with Crippen LogP contribution in [0.25, 0.3) is 0 Å². The number of nitrogens with zero attached hydrogens (tertiary/aromatic N) is 1. The topological polar surface area (TPSA) is 58.6 Å². The molecule has 0 radical (unpaired) electrons. The van der Waals surface area contributed by atoms with Crippen LogP contribution in [0, 0.1) is 0 Å². The Hall–Kier alpha value is -2.82. The normalized spacial score (nSPS) is 16.2. The summed E-state index contributed by atoms with van der Waals surface area (Å²) in [6.07, 6.45) is -0.820. The van der Waals surface area contributed by atoms with Crippen molar-refractivity contribution in [3.63, 3.8) is 0 Å². The van der Waals surface area contributed by atoms with E-state index in [0.29, 0.717) is 11.4 Å². The van der Waals surface area contributed by atoms with E-state index in [1.165, 1.54) is 4.90 Å². The third-order valence-electron chi connectivity index (χ3n) is 3.58. The van der Waals surface area contributed by atoms with Crippen molar-refractivity contribution in [2.75, 3.05) is 17.3 Å². The lowest BCUT2D eigenvalue weighted by atomic mass is 10.1. The van der Waals surface area contributed by atoms with Gasteiger partial charge < -0.3 is 15.0 Å². The maximum Gasteiger partial charge on any atom is 0.266 e. The lowest BCUT2D eigenvalue weighted by Crippen LogP contribution is -2.41. The fourth-order valence-electron chi connectivity index (χ4n) is 2.32. The molecule has 22 heavy (non-hydrogen) atoms. The van der Waals surface area contributed by atoms with E-state index in [9.17, 15) is 9.59 Å². The molecular weight excluding hydrogens is 280 g/mol. The first-order valence-electron chi connectivity index (χ1n) is 7.03. The maximum absolute atomic E-state index is 12.3. The van der Waals surface area contributed by atoms with Crippen molar-refractivity contribution < 1.29 is 14.3 Å². The molecule has 0 saturated carbocycles. The molecule has 1 aliphatic rings. The molecule has 1 heterocycles. The minimum Gasteiger partial charge on any atom is -0.478 e. The molecule has 0 saturated heterocycles. The molecular formula is C17H16N2O3. The van der Waals surface area contributed by atoms with Crippen molar-refractivity contribution in [3.8, 4) is 5.75 Å². The first-order chi connectivity index (χ1) is 10.6. The number of carbonyl (C=O) groups is 2. The summed E-state index contributed by atoms with van der Waals surface area (Å²) in [5.74, 6) is 0.113. The molecule has 3 rings (SSSR count). The van der Waals surface area contributed by atoms with Crippen LogP contribution in [-0.4, -0.2) is 25.0 Å². The van der Waals surface area contributed by atoms with Gasteiger partial charge in [-0.25, -0.2) is 0 Å². The van der Waals surface area contributed by atoms with Crippen LogP contribution >= 0.6 is 0 Å². The largest absolute Gasteiger partial charge is 0.478 e. The van der Waals surface area contributed by atoms with Crippen molar-refractivity contribution >= 4 is 23.2 Å². The molecule has 2 amide bonds. The standard InChI is InChI=1S/C17H16N2O3/c1-19(12-7-3-2-4-8-12)16(20)11-15-17(21)18-13-9-5-6-10-14(13)22-15/h2-10,15H,11H2,1H3,(H,18,21). The number of rotatable bonds is 3. The molecule has 0 aromatic heterocycles. The summed E-state index contributed by atoms with van der Waals surface area (Å²) in [7, 11) is 1.69. The summed E-state index contributed by atoms with van der Waals surface area (Å²) in [4.78, 5) is 25.9. The van der Waals surface area contributed by atoms with Gasteiger partial charge in [-0.05, 0) is 24.3 Å². The molecule has 5 heteroatoms. The Morgan fingerprint density at radius 3 is 2.59 bits per heavy atom. The Bertz CT molecular complexity index is 700. The van der Waals surface area contributed by atoms with Crippen LogP contribution < -0.4 is 15.0 Å². The van der Waals surface area contributed by atoms with Gasteiger partial charge in [0, 0.05) is 12.7 Å². The highest BCUT2D eigenvalue weighted by Crippen LogP contribution is 2.29. The Kier molecular flexibility index (Phi) is 3.78. The number of hydrogen-bond acceptors (Lipinski definition) is 3. The number of benzene rings is 2. The van der Waals surface area contributed by atoms with Gasteiger partial charge in [-0.2, -0.15) is 0 Å². The van der Waals surface area contributed by atoms with Gasteiger partial charge in [0.25, 0.3) is 5.91 Å². The Balaban J connectivity index is 1.71. The molecule has 1 atom stereocenters. The van der Waals surface area contributed by atoms with Crippen LogP contribution in [0.15, 0.2) is 54.6 Å². The zero-order valence-corrected chi connectivity index (χ0v) is 12.2. The van der Waals surface area contributed by atoms with E-state index < -0.39 is 6.10 Å². The second-order valence-corrected chi connectivity index (χ2v) is 5.08. The van der Waals surface area contributed by atoms with Gasteiger partial charge in [0.1, 0.15) is 5.75 Å². The van der Waals surface area contributed by atoms with Crippen LogP contribution in [0.2, 0.25) is 0 Å². The molecule has 0 bridgehead atoms. The summed E-state index contributed by atoms with van der Waals surface area (Å²) in [5, 5.41) is 2.76. The van der Waals surface area contributed by atoms with Crippen LogP contribution in [0.1, 0.15) is 6.42 Å². The predicted octanol–water partition coefficient (Wildman–Crippen LogP) is 2.44. The summed E-state index contributed by atoms with van der Waals surface area (Å²) in [5.41, 5.74) is 1.41. The van der Waals surface area contributed by atoms with E-state index in [1.807, 2.05) is 42.5 Å². The number of carbonyl (C=O) groups excluding carboxylic acids is 2. The van der Waals surface area contributed by atoms with Gasteiger partial charge in [0.2, 0.25) is 5.91 Å². The highest BCUT2D eigenvalue weighted by atomic mass is 16.5. The molecule has 2 aromatic carbocycles. The number of amides is 2. The third kappa shape index (κ3) is 2.79. The zero-order chi connectivity index (χ0) is 15.5. The molecule has 1 N–H and O–H groups in total. The summed E-state index contributed by atoms with van der Waals surface area (Å²) in [6.45, 7) is 0. The van der Waals surface area contributed by atoms with Crippen LogP contribution in [0.4, 0.5) is 11.4 Å². The van der Waals surface area contributed by atoms with Crippen LogP contribution in [0.5, 0.6) is 5.75 Å². The average Bonchev–Trinajstić information content (AvgIpc) is 2.55. The Morgan fingerprint density at radius 1 is 1.14 bits per heavy atom. The fraction of sp³-hybridized carbons (Fsp3) is 0.176. The number of ether oxygens (including phenoxy) is 1. The number of hydrogen-bond donors (Lipinski definition) is 1. The van der Waals surface area contributed by atoms with Crippen molar-refractivity contribution in [2.45, 2.75) is 12.5 Å². The van der Waals surface area contributed by atoms with Gasteiger partial charge in [0.05, 0.1) is 12.1 Å². The van der Waals surface area contributed by atoms with E-state index in [0.717, 1.165) is 5.69 Å². The number of para-hydroxylation sites is 3. The second-order valence-electron chi connectivity index (χ2n) is 5.08. The first kappa shape index (κ1) is 14.1. The SMILES string of the molecule is CN(C(=O)CC1Oc2ccccc2NC1=O)c1ccccc1. The predicted molar refractivity (Wildman–Crippen MR) is 84.0 cm³/mol. The number of fused-ring (bicyclic) bond motifs is 1. The average molecular weight is 296 g/mol. The Labute approximate surface area is 128 Å². The lowest BCUT2D eigenvalue weighted by Gasteiger charge is -2.27. The van der Waals surface area contributed by atoms with Crippen molar-refractivity contribution in [3.05, 3.63) is 54.6 Å². The van der Waals surface area contributed by atoms with Crippen LogP contribution in [-0.2, 0) is 9.59 Å². The fourth-order valence-corrected chi connectivity index (χ4v) is 2.32. The first-order valence-corrected chi connectivity index (χ1v) is 7.03. The van der Waals surface area contributed by atoms with Gasteiger partial charge in [-0.1, -0.05) is 30.3 Å². The van der Waals surface area contributed by atoms with E-state index in [-0.39, 0.29) is 18.2 Å². The molecule has 5 nitrogen and oxygen atoms in total. The third-order valence-corrected chi connectivity index (χ3v) is 3.58. The quantitative estimate of drug-likeness (QED) is 0.946. The van der Waals surface area contributed by atoms with Crippen molar-refractivity contribution in [2.24, 2.45) is 0 Å². The van der Waals surface area contributed by atoms with E-state index in [1.54, 1.807) is 19.2 Å². The smallest absolute Gasteiger partial charge is 0.266 e. The van der Waals surface area contributed by atoms with Crippen molar-refractivity contribution in [1.29, 1.82) is 0 Å². The van der Waals surface area contributed by atoms with E-state index >= 15 is 0 Å². The van der Waals surface area contributed by atoms with Gasteiger partial charge in [-0.15, -0.1) is 0 Å². The molecule has 112 valence electrons. The minimum absolute atomic E-state index is 0.00837. The summed E-state index contributed by atoms with van der Waals surface area (Å²) < 4.78 is 5.64. The second kappa shape index (κ2) is 5.89. The van der Waals surface area contributed by atoms with Gasteiger partial charge in [0.15, 0.2) is 6.10 Å². The van der Waals surface area contributed by atoms with Crippen LogP contribution in [0.3, 0.4) is 0 Å². The summed E-state index contributed by atoms with van der Waals surface area (Å²) in [6, 6.07) is 16.5. The molecule has 1 unspecified atom stereocenters. The van der Waals surface area contributed by atoms with Crippen molar-refractivity contribution in [1.82, 2.24) is 0 Å². The molecule has 1 aliphatic heterocycles. The van der Waals surface area contributed by atoms with Gasteiger partial charge >= 0.3 is 0 Å². The highest BCUT2D eigenvalue weighted by molar-refractivity contribution is 6.02. The molecule has 0 fully saturated rings. The summed E-state index contributed by atoms with van der Waals surface area (Å²) >= 11 is 0. The number of anilines is 2. The zero-order valence-electron chi connectivity index (χ0n) is 12.2. The lowest BCUT2D eigenvalue weighted by molar-refractivity contribution is -0.129. The highest BCUT2D eigenvalue weighted by Gasteiger charge is 2.30. The Morgan fingerprint density at radius 2 is 1.82 bits per heavy atom. The van der Waals surface area contributed by atoms with Gasteiger partial charge in [-0.3, -0.25) is 9.59 Å². The van der Waals surface area contributed by atoms with E-state index in [2.05, 4.69) is 5.32 Å². The molecule has 2 aromatic rings. The monoisotopic (exact) mass is 296 g/mol.